The molecule has 1 spiro atoms. The van der Waals surface area contributed by atoms with Crippen molar-refractivity contribution in [3.05, 3.63) is 0 Å². The Balaban J connectivity index is 1.59. The van der Waals surface area contributed by atoms with E-state index in [0.717, 1.165) is 24.9 Å². The van der Waals surface area contributed by atoms with Crippen molar-refractivity contribution < 1.29 is 4.74 Å². The van der Waals surface area contributed by atoms with Gasteiger partial charge in [0.15, 0.2) is 0 Å². The Labute approximate surface area is 104 Å². The van der Waals surface area contributed by atoms with Crippen molar-refractivity contribution in [1.82, 2.24) is 9.80 Å². The summed E-state index contributed by atoms with van der Waals surface area (Å²) in [7, 11) is 2.35. The molecule has 3 saturated heterocycles. The third-order valence-corrected chi connectivity index (χ3v) is 5.79. The maximum Gasteiger partial charge on any atom is 0.0699 e. The minimum Gasteiger partial charge on any atom is -0.375 e. The monoisotopic (exact) mass is 236 g/mol. The van der Waals surface area contributed by atoms with E-state index >= 15 is 0 Å². The van der Waals surface area contributed by atoms with Crippen molar-refractivity contribution in [2.45, 2.75) is 68.8 Å². The van der Waals surface area contributed by atoms with Crippen molar-refractivity contribution in [2.75, 3.05) is 20.2 Å². The highest BCUT2D eigenvalue weighted by Gasteiger charge is 2.53. The van der Waals surface area contributed by atoms with E-state index in [0.29, 0.717) is 0 Å². The van der Waals surface area contributed by atoms with Gasteiger partial charge < -0.3 is 4.74 Å². The minimum absolute atomic E-state index is 0.277. The molecule has 3 heterocycles. The van der Waals surface area contributed by atoms with Gasteiger partial charge in [-0.15, -0.1) is 0 Å². The summed E-state index contributed by atoms with van der Waals surface area (Å²) in [6.45, 7) is 2.34. The van der Waals surface area contributed by atoms with Gasteiger partial charge in [-0.3, -0.25) is 9.80 Å². The lowest BCUT2D eigenvalue weighted by atomic mass is 9.77. The summed E-state index contributed by atoms with van der Waals surface area (Å²) in [6, 6.07) is 1.61. The molecule has 4 fully saturated rings. The van der Waals surface area contributed by atoms with Crippen LogP contribution in [0.25, 0.3) is 0 Å². The minimum atomic E-state index is 0.277. The first-order chi connectivity index (χ1) is 8.29. The van der Waals surface area contributed by atoms with Gasteiger partial charge in [0, 0.05) is 25.2 Å². The average Bonchev–Trinajstić information content (AvgIpc) is 3.00. The van der Waals surface area contributed by atoms with Crippen molar-refractivity contribution in [2.24, 2.45) is 0 Å². The van der Waals surface area contributed by atoms with E-state index in [4.69, 9.17) is 4.74 Å². The van der Waals surface area contributed by atoms with E-state index < -0.39 is 0 Å². The molecule has 17 heavy (non-hydrogen) atoms. The fourth-order valence-corrected chi connectivity index (χ4v) is 4.97. The van der Waals surface area contributed by atoms with Crippen LogP contribution in [0.15, 0.2) is 0 Å². The van der Waals surface area contributed by atoms with Gasteiger partial charge in [-0.2, -0.15) is 0 Å². The van der Waals surface area contributed by atoms with Crippen molar-refractivity contribution in [3.8, 4) is 0 Å². The largest absolute Gasteiger partial charge is 0.375 e. The van der Waals surface area contributed by atoms with Gasteiger partial charge in [0.25, 0.3) is 0 Å². The van der Waals surface area contributed by atoms with Gasteiger partial charge in [0.2, 0.25) is 0 Å². The quantitative estimate of drug-likeness (QED) is 0.638. The first kappa shape index (κ1) is 10.8. The standard InChI is InChI=1S/C14H24N2O/c1-15-11-5-7-14(6-3-9-17-14)10-12(11)16-8-2-4-13(15)16/h11-13H,2-10H2,1H3/t11-,12+,13+,14+/m0/s1. The van der Waals surface area contributed by atoms with Crippen LogP contribution in [-0.2, 0) is 4.74 Å². The van der Waals surface area contributed by atoms with Crippen LogP contribution in [0.4, 0.5) is 0 Å². The lowest BCUT2D eigenvalue weighted by Gasteiger charge is -2.42. The Kier molecular flexibility index (Phi) is 2.34. The normalized spacial score (nSPS) is 51.0. The number of hydrogen-bond donors (Lipinski definition) is 0. The van der Waals surface area contributed by atoms with Gasteiger partial charge >= 0.3 is 0 Å². The molecule has 96 valence electrons. The van der Waals surface area contributed by atoms with E-state index in [2.05, 4.69) is 16.8 Å². The van der Waals surface area contributed by atoms with Gasteiger partial charge in [0.1, 0.15) is 0 Å². The van der Waals surface area contributed by atoms with Crippen molar-refractivity contribution in [3.63, 3.8) is 0 Å². The molecule has 0 radical (unpaired) electrons. The van der Waals surface area contributed by atoms with Crippen LogP contribution in [0.5, 0.6) is 0 Å². The van der Waals surface area contributed by atoms with E-state index in [-0.39, 0.29) is 5.60 Å². The summed E-state index contributed by atoms with van der Waals surface area (Å²) in [5.74, 6) is 0. The molecule has 1 aliphatic carbocycles. The number of likely N-dealkylation sites (N-methyl/N-ethyl adjacent to an activating group) is 1. The fraction of sp³-hybridized carbons (Fsp3) is 1.00. The second-order valence-electron chi connectivity index (χ2n) is 6.54. The van der Waals surface area contributed by atoms with Crippen LogP contribution in [0.3, 0.4) is 0 Å². The molecular weight excluding hydrogens is 212 g/mol. The lowest BCUT2D eigenvalue weighted by molar-refractivity contribution is -0.0490. The van der Waals surface area contributed by atoms with Gasteiger partial charge in [-0.1, -0.05) is 0 Å². The topological polar surface area (TPSA) is 15.7 Å². The van der Waals surface area contributed by atoms with Crippen LogP contribution in [0.2, 0.25) is 0 Å². The zero-order chi connectivity index (χ0) is 11.5. The predicted octanol–water partition coefficient (Wildman–Crippen LogP) is 1.82. The van der Waals surface area contributed by atoms with E-state index in [1.165, 1.54) is 51.5 Å². The molecule has 4 atom stereocenters. The molecule has 0 aromatic rings. The second-order valence-corrected chi connectivity index (χ2v) is 6.54. The zero-order valence-electron chi connectivity index (χ0n) is 10.9. The summed E-state index contributed by atoms with van der Waals surface area (Å²) in [5, 5.41) is 0. The lowest BCUT2D eigenvalue weighted by Crippen LogP contribution is -2.49. The molecule has 3 heteroatoms. The van der Waals surface area contributed by atoms with Crippen LogP contribution >= 0.6 is 0 Å². The average molecular weight is 236 g/mol. The number of hydrogen-bond acceptors (Lipinski definition) is 3. The summed E-state index contributed by atoms with van der Waals surface area (Å²) in [5.41, 5.74) is 0.277. The van der Waals surface area contributed by atoms with Crippen molar-refractivity contribution in [1.29, 1.82) is 0 Å². The van der Waals surface area contributed by atoms with E-state index in [9.17, 15) is 0 Å². The van der Waals surface area contributed by atoms with Gasteiger partial charge in [-0.25, -0.2) is 0 Å². The first-order valence-electron chi connectivity index (χ1n) is 7.41. The molecule has 0 aromatic heterocycles. The third-order valence-electron chi connectivity index (χ3n) is 5.79. The number of ether oxygens (including phenoxy) is 1. The van der Waals surface area contributed by atoms with E-state index in [1.807, 2.05) is 0 Å². The van der Waals surface area contributed by atoms with Crippen LogP contribution in [0, 0.1) is 0 Å². The Hall–Kier alpha value is -0.120. The Morgan fingerprint density at radius 2 is 2.06 bits per heavy atom. The predicted molar refractivity (Wildman–Crippen MR) is 66.8 cm³/mol. The van der Waals surface area contributed by atoms with Crippen LogP contribution in [0.1, 0.15) is 44.9 Å². The van der Waals surface area contributed by atoms with Crippen molar-refractivity contribution >= 4 is 0 Å². The molecule has 0 N–H and O–H groups in total. The summed E-state index contributed by atoms with van der Waals surface area (Å²) < 4.78 is 6.13. The SMILES string of the molecule is CN1[C@H]2CCCN2[C@@H]2C[C@@]3(CCCO3)CC[C@@H]21. The highest BCUT2D eigenvalue weighted by atomic mass is 16.5. The highest BCUT2D eigenvalue weighted by molar-refractivity contribution is 5.07. The molecule has 3 aliphatic heterocycles. The molecule has 1 saturated carbocycles. The molecule has 4 aliphatic rings. The number of fused-ring (bicyclic) bond motifs is 3. The van der Waals surface area contributed by atoms with Crippen LogP contribution < -0.4 is 0 Å². The molecular formula is C14H24N2O. The molecule has 3 nitrogen and oxygen atoms in total. The molecule has 4 rings (SSSR count). The number of nitrogens with zero attached hydrogens (tertiary/aromatic N) is 2. The second kappa shape index (κ2) is 3.69. The molecule has 0 unspecified atom stereocenters. The van der Waals surface area contributed by atoms with Crippen LogP contribution in [-0.4, -0.2) is 53.8 Å². The fourth-order valence-electron chi connectivity index (χ4n) is 4.97. The molecule has 0 amide bonds. The number of rotatable bonds is 0. The first-order valence-corrected chi connectivity index (χ1v) is 7.41. The van der Waals surface area contributed by atoms with E-state index in [1.54, 1.807) is 0 Å². The summed E-state index contributed by atoms with van der Waals surface area (Å²) in [6.07, 6.45) is 10.1. The zero-order valence-corrected chi connectivity index (χ0v) is 10.9. The highest BCUT2D eigenvalue weighted by Crippen LogP contribution is 2.47. The maximum atomic E-state index is 6.13. The summed E-state index contributed by atoms with van der Waals surface area (Å²) >= 11 is 0. The maximum absolute atomic E-state index is 6.13. The molecule has 0 aromatic carbocycles. The molecule has 0 bridgehead atoms. The van der Waals surface area contributed by atoms with Gasteiger partial charge in [-0.05, 0) is 52.0 Å². The Morgan fingerprint density at radius 3 is 2.88 bits per heavy atom. The third kappa shape index (κ3) is 1.45. The summed E-state index contributed by atoms with van der Waals surface area (Å²) in [4.78, 5) is 5.45. The van der Waals surface area contributed by atoms with Gasteiger partial charge in [0.05, 0.1) is 11.8 Å². The smallest absolute Gasteiger partial charge is 0.0699 e. The Bertz CT molecular complexity index is 311. The Morgan fingerprint density at radius 1 is 1.12 bits per heavy atom.